The van der Waals surface area contributed by atoms with Crippen LogP contribution >= 0.6 is 7.37 Å². The Balaban J connectivity index is 0.751. The van der Waals surface area contributed by atoms with Gasteiger partial charge in [-0.05, 0) is 101 Å². The maximum absolute atomic E-state index is 15.9. The predicted molar refractivity (Wildman–Crippen MR) is 295 cm³/mol. The second-order valence-electron chi connectivity index (χ2n) is 20.8. The fraction of sp³-hybridized carbons (Fsp3) is 0.500. The number of hydrogen-bond donors (Lipinski definition) is 7. The summed E-state index contributed by atoms with van der Waals surface area (Å²) in [6.07, 6.45) is -0.971. The number of fused-ring (bicyclic) bond motifs is 2. The molecule has 0 saturated carbocycles. The molecule has 29 heteroatoms. The lowest BCUT2D eigenvalue weighted by atomic mass is 9.84. The van der Waals surface area contributed by atoms with Gasteiger partial charge >= 0.3 is 24.8 Å². The molecular weight excluding hydrogens is 1120 g/mol. The van der Waals surface area contributed by atoms with Gasteiger partial charge in [0, 0.05) is 73.7 Å². The third kappa shape index (κ3) is 16.2. The number of benzene rings is 2. The summed E-state index contributed by atoms with van der Waals surface area (Å²) in [5.41, 5.74) is 2.29. The number of carboxylic acid groups (broad SMARTS) is 1. The first-order valence-corrected chi connectivity index (χ1v) is 29.3. The second kappa shape index (κ2) is 27.6. The van der Waals surface area contributed by atoms with E-state index in [1.54, 1.807) is 45.0 Å². The van der Waals surface area contributed by atoms with E-state index in [2.05, 4.69) is 41.8 Å². The second-order valence-corrected chi connectivity index (χ2v) is 23.3. The molecule has 3 aliphatic rings. The standard InChI is InChI=1S/C54H70BF5N11O11P/c1-34-25-36(3)70-49(34)45(50-35(2)26-37(4)71(50)55(70,59)60)13-10-14-47(73)64-29-42-31-69(68-65-42)32-48(74)61-18-19-80-20-21-81-22-23-82-46-28-41(53(66-67-53)54(56,57)58)15-16-44(46)51(75)62-17-7-6-8-24-83(78,79)33-43(72)30-63-38(5)39-11-9-12-40(27-39)52(76)77/h9,11-12,15-16,25-28,31,38,43,63,72H,6-8,10,13-14,17-24,29-30,32-33H2,1-5H3,(H,61,74)(H,62,75)(H,64,73)(H,76,77)(H,78,79)/t38-,43+/m1/s1. The van der Waals surface area contributed by atoms with Crippen molar-refractivity contribution in [3.05, 3.63) is 117 Å². The van der Waals surface area contributed by atoms with Crippen molar-refractivity contribution < 1.29 is 79.3 Å². The first-order valence-electron chi connectivity index (χ1n) is 27.3. The number of aromatic nitrogens is 4. The zero-order valence-corrected chi connectivity index (χ0v) is 47.7. The number of alkyl halides is 3. The van der Waals surface area contributed by atoms with Crippen molar-refractivity contribution >= 4 is 49.3 Å². The molecule has 3 amide bonds. The largest absolute Gasteiger partial charge is 0.737 e. The molecule has 0 fully saturated rings. The van der Waals surface area contributed by atoms with E-state index >= 15 is 8.63 Å². The fourth-order valence-corrected chi connectivity index (χ4v) is 11.9. The third-order valence-electron chi connectivity index (χ3n) is 14.2. The van der Waals surface area contributed by atoms with Gasteiger partial charge in [0.2, 0.25) is 19.2 Å². The number of nitrogens with zero attached hydrogens (tertiary/aromatic N) is 7. The summed E-state index contributed by atoms with van der Waals surface area (Å²) in [6.45, 7) is 5.05. The number of carbonyl (C=O) groups is 4. The van der Waals surface area contributed by atoms with Gasteiger partial charge in [-0.3, -0.25) is 18.9 Å². The first-order chi connectivity index (χ1) is 39.3. The summed E-state index contributed by atoms with van der Waals surface area (Å²) in [4.78, 5) is 60.5. The lowest BCUT2D eigenvalue weighted by molar-refractivity contribution is -0.363. The van der Waals surface area contributed by atoms with Crippen LogP contribution in [0.5, 0.6) is 5.75 Å². The normalized spacial score (nSPS) is 16.4. The predicted octanol–water partition coefficient (Wildman–Crippen LogP) is 6.55. The monoisotopic (exact) mass is 1190 g/mol. The Hall–Kier alpha value is -6.97. The molecule has 0 bridgehead atoms. The van der Waals surface area contributed by atoms with Crippen LogP contribution in [0, 0.1) is 13.8 Å². The number of unbranched alkanes of at least 4 members (excludes halogenated alkanes) is 2. The van der Waals surface area contributed by atoms with Crippen molar-refractivity contribution in [3.63, 3.8) is 0 Å². The Morgan fingerprint density at radius 2 is 1.63 bits per heavy atom. The van der Waals surface area contributed by atoms with Crippen molar-refractivity contribution in [2.75, 3.05) is 65.0 Å². The van der Waals surface area contributed by atoms with Gasteiger partial charge in [-0.25, -0.2) is 9.48 Å². The van der Waals surface area contributed by atoms with Crippen LogP contribution in [0.25, 0.3) is 5.57 Å². The van der Waals surface area contributed by atoms with Gasteiger partial charge in [-0.2, -0.15) is 13.2 Å². The summed E-state index contributed by atoms with van der Waals surface area (Å²) in [5, 5.41) is 45.4. The Kier molecular flexibility index (Phi) is 21.2. The van der Waals surface area contributed by atoms with Gasteiger partial charge < -0.3 is 68.2 Å². The highest BCUT2D eigenvalue weighted by atomic mass is 31.2. The summed E-state index contributed by atoms with van der Waals surface area (Å²) >= 11 is 0. The van der Waals surface area contributed by atoms with Gasteiger partial charge in [0.15, 0.2) is 5.70 Å². The molecular formula is C54H70BF5N11O11P. The summed E-state index contributed by atoms with van der Waals surface area (Å²) in [5.74, 6) is -2.50. The van der Waals surface area contributed by atoms with Crippen molar-refractivity contribution in [3.8, 4) is 5.75 Å². The van der Waals surface area contributed by atoms with Crippen LogP contribution in [0.15, 0.2) is 82.3 Å². The molecule has 2 aromatic carbocycles. The smallest absolute Gasteiger partial charge is 0.490 e. The molecule has 7 rings (SSSR count). The highest BCUT2D eigenvalue weighted by Gasteiger charge is 2.65. The minimum Gasteiger partial charge on any atom is -0.490 e. The maximum Gasteiger partial charge on any atom is 0.737 e. The SMILES string of the molecule is CC1=CC(C)=[N+]2C1=C(CCCC(=O)NCc1cn(CC(=O)NCCOCCOCCOc3cc(C4(C(F)(F)F)N=N4)ccc3C(=O)NCCCCCP(=O)(O)C[C@@H](O)CN[C@H](C)c3cccc(C(=O)O)c3)nn1)c1c(C)cc(C)n1[B-]2(F)F. The number of rotatable bonds is 33. The quantitative estimate of drug-likeness (QED) is 0.0115. The van der Waals surface area contributed by atoms with E-state index in [-0.39, 0.29) is 125 Å². The van der Waals surface area contributed by atoms with Gasteiger partial charge in [-0.1, -0.05) is 29.8 Å². The fourth-order valence-electron chi connectivity index (χ4n) is 10.2. The van der Waals surface area contributed by atoms with Gasteiger partial charge in [0.05, 0.1) is 62.6 Å². The molecule has 2 aromatic heterocycles. The molecule has 4 aromatic rings. The summed E-state index contributed by atoms with van der Waals surface area (Å²) < 4.78 is 107. The Labute approximate surface area is 476 Å². The molecule has 1 unspecified atom stereocenters. The van der Waals surface area contributed by atoms with Gasteiger partial charge in [-0.15, -0.1) is 15.3 Å². The molecule has 5 heterocycles. The van der Waals surface area contributed by atoms with Gasteiger partial charge in [0.1, 0.15) is 30.3 Å². The Morgan fingerprint density at radius 1 is 0.892 bits per heavy atom. The third-order valence-corrected chi connectivity index (χ3v) is 16.2. The highest BCUT2D eigenvalue weighted by Crippen LogP contribution is 2.53. The molecule has 450 valence electrons. The minimum atomic E-state index is -4.83. The molecule has 0 spiro atoms. The molecule has 0 saturated heterocycles. The number of nitrogens with one attached hydrogen (secondary N) is 4. The number of carbonyl (C=O) groups excluding carboxylic acids is 3. The molecule has 7 N–H and O–H groups in total. The number of carboxylic acids is 1. The van der Waals surface area contributed by atoms with Crippen LogP contribution in [0.2, 0.25) is 0 Å². The van der Waals surface area contributed by atoms with E-state index in [4.69, 9.17) is 14.2 Å². The van der Waals surface area contributed by atoms with Crippen molar-refractivity contribution in [1.29, 1.82) is 0 Å². The average Bonchev–Trinajstić information content (AvgIpc) is 2.61. The molecule has 3 aliphatic heterocycles. The van der Waals surface area contributed by atoms with Crippen LogP contribution in [0.1, 0.15) is 120 Å². The zero-order valence-electron chi connectivity index (χ0n) is 46.8. The zero-order chi connectivity index (χ0) is 60.3. The number of amides is 3. The number of ether oxygens (including phenoxy) is 3. The lowest BCUT2D eigenvalue weighted by Crippen LogP contribution is -2.51. The number of allylic oxidation sites excluding steroid dienone is 3. The van der Waals surface area contributed by atoms with E-state index in [9.17, 15) is 52.0 Å². The van der Waals surface area contributed by atoms with E-state index in [1.165, 1.54) is 29.1 Å². The topological polar surface area (TPSA) is 285 Å². The molecule has 0 aliphatic carbocycles. The number of aliphatic hydroxyl groups is 1. The summed E-state index contributed by atoms with van der Waals surface area (Å²) in [7, 11) is -3.73. The molecule has 22 nitrogen and oxygen atoms in total. The van der Waals surface area contributed by atoms with E-state index < -0.39 is 44.2 Å². The number of halogens is 5. The first kappa shape index (κ1) is 63.6. The Morgan fingerprint density at radius 3 is 2.35 bits per heavy atom. The van der Waals surface area contributed by atoms with Crippen LogP contribution in [0.3, 0.4) is 0 Å². The lowest BCUT2D eigenvalue weighted by Gasteiger charge is -2.34. The van der Waals surface area contributed by atoms with Crippen LogP contribution in [-0.2, 0) is 42.4 Å². The van der Waals surface area contributed by atoms with Crippen molar-refractivity contribution in [2.45, 2.75) is 110 Å². The molecule has 3 atom stereocenters. The van der Waals surface area contributed by atoms with Crippen LogP contribution < -0.4 is 26.0 Å². The number of aliphatic hydroxyl groups excluding tert-OH is 1. The van der Waals surface area contributed by atoms with Crippen molar-refractivity contribution in [1.82, 2.24) is 40.7 Å². The van der Waals surface area contributed by atoms with Gasteiger partial charge in [0.25, 0.3) is 5.91 Å². The van der Waals surface area contributed by atoms with Crippen LogP contribution in [0.4, 0.5) is 21.8 Å². The average molecular weight is 1190 g/mol. The number of hydrogen-bond acceptors (Lipinski definition) is 14. The molecule has 0 radical (unpaired) electrons. The van der Waals surface area contributed by atoms with Crippen molar-refractivity contribution in [2.24, 2.45) is 10.2 Å². The number of aryl methyl sites for hydroxylation is 2. The maximum atomic E-state index is 15.9. The van der Waals surface area contributed by atoms with E-state index in [0.717, 1.165) is 37.8 Å². The van der Waals surface area contributed by atoms with E-state index in [0.29, 0.717) is 66.2 Å². The van der Waals surface area contributed by atoms with Crippen LogP contribution in [-0.4, -0.2) is 153 Å². The van der Waals surface area contributed by atoms with E-state index in [1.807, 2.05) is 13.8 Å². The summed E-state index contributed by atoms with van der Waals surface area (Å²) in [6, 6.07) is 11.1. The molecule has 83 heavy (non-hydrogen) atoms. The minimum absolute atomic E-state index is 0.00290. The Bertz CT molecular complexity index is 3210. The number of aromatic carboxylic acids is 1. The highest BCUT2D eigenvalue weighted by molar-refractivity contribution is 7.58.